The first-order valence-electron chi connectivity index (χ1n) is 5.81. The van der Waals surface area contributed by atoms with E-state index in [1.165, 1.54) is 24.9 Å². The standard InChI is InChI=1S/C12H17N3/c1-2-11(1)15-8-7-14-9-12(15)10-3-5-13-6-4-10/h3-6,11-12,14H,1-2,7-9H2. The number of rotatable bonds is 2. The molecule has 1 atom stereocenters. The lowest BCUT2D eigenvalue weighted by atomic mass is 10.0. The minimum absolute atomic E-state index is 0.564. The third-order valence-electron chi connectivity index (χ3n) is 3.39. The zero-order valence-corrected chi connectivity index (χ0v) is 8.89. The van der Waals surface area contributed by atoms with Crippen molar-refractivity contribution in [3.05, 3.63) is 30.1 Å². The van der Waals surface area contributed by atoms with Crippen LogP contribution in [0.1, 0.15) is 24.4 Å². The van der Waals surface area contributed by atoms with Gasteiger partial charge in [0.25, 0.3) is 0 Å². The first-order valence-corrected chi connectivity index (χ1v) is 5.81. The van der Waals surface area contributed by atoms with Crippen molar-refractivity contribution in [3.8, 4) is 0 Å². The molecule has 1 aromatic heterocycles. The van der Waals surface area contributed by atoms with Gasteiger partial charge in [0.2, 0.25) is 0 Å². The number of pyridine rings is 1. The molecule has 0 spiro atoms. The van der Waals surface area contributed by atoms with Crippen molar-refractivity contribution < 1.29 is 0 Å². The van der Waals surface area contributed by atoms with Gasteiger partial charge < -0.3 is 5.32 Å². The van der Waals surface area contributed by atoms with Gasteiger partial charge in [-0.05, 0) is 30.5 Å². The fourth-order valence-corrected chi connectivity index (χ4v) is 2.46. The molecule has 0 aromatic carbocycles. The van der Waals surface area contributed by atoms with E-state index < -0.39 is 0 Å². The Hall–Kier alpha value is -0.930. The predicted octanol–water partition coefficient (Wildman–Crippen LogP) is 1.19. The highest BCUT2D eigenvalue weighted by Gasteiger charge is 2.35. The summed E-state index contributed by atoms with van der Waals surface area (Å²) in [5, 5.41) is 3.48. The number of nitrogens with zero attached hydrogens (tertiary/aromatic N) is 2. The van der Waals surface area contributed by atoms with Gasteiger partial charge in [0.15, 0.2) is 0 Å². The molecule has 1 aromatic rings. The van der Waals surface area contributed by atoms with Crippen molar-refractivity contribution in [2.45, 2.75) is 24.9 Å². The molecule has 2 aliphatic rings. The lowest BCUT2D eigenvalue weighted by molar-refractivity contribution is 0.152. The summed E-state index contributed by atoms with van der Waals surface area (Å²) in [7, 11) is 0. The van der Waals surface area contributed by atoms with Crippen molar-refractivity contribution in [1.29, 1.82) is 0 Å². The number of hydrogen-bond acceptors (Lipinski definition) is 3. The van der Waals surface area contributed by atoms with Gasteiger partial charge in [-0.15, -0.1) is 0 Å². The number of nitrogens with one attached hydrogen (secondary N) is 1. The van der Waals surface area contributed by atoms with E-state index in [0.29, 0.717) is 6.04 Å². The molecule has 0 radical (unpaired) electrons. The molecular weight excluding hydrogens is 186 g/mol. The fourth-order valence-electron chi connectivity index (χ4n) is 2.46. The first kappa shape index (κ1) is 9.31. The highest BCUT2D eigenvalue weighted by molar-refractivity contribution is 5.17. The van der Waals surface area contributed by atoms with Crippen molar-refractivity contribution in [2.24, 2.45) is 0 Å². The highest BCUT2D eigenvalue weighted by atomic mass is 15.3. The molecule has 0 bridgehead atoms. The Morgan fingerprint density at radius 1 is 1.27 bits per heavy atom. The lowest BCUT2D eigenvalue weighted by Gasteiger charge is -2.36. The molecule has 1 saturated heterocycles. The van der Waals surface area contributed by atoms with E-state index in [-0.39, 0.29) is 0 Å². The summed E-state index contributed by atoms with van der Waals surface area (Å²) < 4.78 is 0. The van der Waals surface area contributed by atoms with Gasteiger partial charge in [0.05, 0.1) is 0 Å². The molecule has 1 aliphatic carbocycles. The van der Waals surface area contributed by atoms with Gasteiger partial charge in [-0.3, -0.25) is 9.88 Å². The van der Waals surface area contributed by atoms with Gasteiger partial charge in [-0.2, -0.15) is 0 Å². The third kappa shape index (κ3) is 1.90. The molecule has 0 amide bonds. The van der Waals surface area contributed by atoms with E-state index in [9.17, 15) is 0 Å². The summed E-state index contributed by atoms with van der Waals surface area (Å²) >= 11 is 0. The van der Waals surface area contributed by atoms with Crippen LogP contribution in [0, 0.1) is 0 Å². The largest absolute Gasteiger partial charge is 0.314 e. The zero-order valence-electron chi connectivity index (χ0n) is 8.89. The predicted molar refractivity (Wildman–Crippen MR) is 59.6 cm³/mol. The van der Waals surface area contributed by atoms with Gasteiger partial charge in [0, 0.05) is 44.1 Å². The monoisotopic (exact) mass is 203 g/mol. The van der Waals surface area contributed by atoms with Crippen LogP contribution in [-0.4, -0.2) is 35.6 Å². The Kier molecular flexibility index (Phi) is 2.43. The Balaban J connectivity index is 1.82. The Morgan fingerprint density at radius 2 is 2.07 bits per heavy atom. The molecule has 80 valence electrons. The second-order valence-electron chi connectivity index (χ2n) is 4.47. The maximum Gasteiger partial charge on any atom is 0.0477 e. The van der Waals surface area contributed by atoms with Gasteiger partial charge >= 0.3 is 0 Å². The molecule has 1 aliphatic heterocycles. The minimum Gasteiger partial charge on any atom is -0.314 e. The van der Waals surface area contributed by atoms with E-state index in [1.54, 1.807) is 0 Å². The molecule has 1 unspecified atom stereocenters. The van der Waals surface area contributed by atoms with Crippen LogP contribution in [-0.2, 0) is 0 Å². The maximum atomic E-state index is 4.09. The van der Waals surface area contributed by atoms with Crippen LogP contribution in [0.5, 0.6) is 0 Å². The molecule has 3 nitrogen and oxygen atoms in total. The number of hydrogen-bond donors (Lipinski definition) is 1. The molecule has 1 saturated carbocycles. The maximum absolute atomic E-state index is 4.09. The van der Waals surface area contributed by atoms with Crippen LogP contribution < -0.4 is 5.32 Å². The second kappa shape index (κ2) is 3.91. The fraction of sp³-hybridized carbons (Fsp3) is 0.583. The smallest absolute Gasteiger partial charge is 0.0477 e. The highest BCUT2D eigenvalue weighted by Crippen LogP contribution is 2.34. The van der Waals surface area contributed by atoms with Gasteiger partial charge in [-0.25, -0.2) is 0 Å². The average molecular weight is 203 g/mol. The third-order valence-corrected chi connectivity index (χ3v) is 3.39. The Bertz CT molecular complexity index is 321. The van der Waals surface area contributed by atoms with E-state index in [0.717, 1.165) is 19.1 Å². The van der Waals surface area contributed by atoms with E-state index in [1.807, 2.05) is 12.4 Å². The molecule has 1 N–H and O–H groups in total. The Labute approximate surface area is 90.5 Å². The normalized spacial score (nSPS) is 27.9. The summed E-state index contributed by atoms with van der Waals surface area (Å²) in [4.78, 5) is 6.75. The molecule has 3 rings (SSSR count). The van der Waals surface area contributed by atoms with Gasteiger partial charge in [-0.1, -0.05) is 0 Å². The Morgan fingerprint density at radius 3 is 2.80 bits per heavy atom. The average Bonchev–Trinajstić information content (AvgIpc) is 3.14. The lowest BCUT2D eigenvalue weighted by Crippen LogP contribution is -2.46. The van der Waals surface area contributed by atoms with Crippen molar-refractivity contribution in [2.75, 3.05) is 19.6 Å². The second-order valence-corrected chi connectivity index (χ2v) is 4.47. The van der Waals surface area contributed by atoms with Crippen LogP contribution in [0.15, 0.2) is 24.5 Å². The van der Waals surface area contributed by atoms with Crippen LogP contribution >= 0.6 is 0 Å². The summed E-state index contributed by atoms with van der Waals surface area (Å²) in [6.07, 6.45) is 6.58. The molecular formula is C12H17N3. The quantitative estimate of drug-likeness (QED) is 0.782. The van der Waals surface area contributed by atoms with Crippen LogP contribution in [0.3, 0.4) is 0 Å². The first-order chi connectivity index (χ1) is 7.45. The molecule has 3 heteroatoms. The summed E-state index contributed by atoms with van der Waals surface area (Å²) in [5.74, 6) is 0. The van der Waals surface area contributed by atoms with E-state index >= 15 is 0 Å². The minimum atomic E-state index is 0.564. The summed E-state index contributed by atoms with van der Waals surface area (Å²) in [5.41, 5.74) is 1.41. The molecule has 15 heavy (non-hydrogen) atoms. The SMILES string of the molecule is c1cc(C2CNCCN2C2CC2)ccn1. The van der Waals surface area contributed by atoms with E-state index in [4.69, 9.17) is 0 Å². The van der Waals surface area contributed by atoms with Crippen molar-refractivity contribution >= 4 is 0 Å². The molecule has 2 fully saturated rings. The summed E-state index contributed by atoms with van der Waals surface area (Å²) in [6, 6.07) is 5.71. The van der Waals surface area contributed by atoms with Crippen LogP contribution in [0.2, 0.25) is 0 Å². The van der Waals surface area contributed by atoms with Crippen molar-refractivity contribution in [1.82, 2.24) is 15.2 Å². The van der Waals surface area contributed by atoms with E-state index in [2.05, 4.69) is 27.3 Å². The van der Waals surface area contributed by atoms with Crippen LogP contribution in [0.25, 0.3) is 0 Å². The topological polar surface area (TPSA) is 28.2 Å². The number of aromatic nitrogens is 1. The summed E-state index contributed by atoms with van der Waals surface area (Å²) in [6.45, 7) is 3.41. The molecule has 2 heterocycles. The zero-order chi connectivity index (χ0) is 10.1. The van der Waals surface area contributed by atoms with Crippen molar-refractivity contribution in [3.63, 3.8) is 0 Å². The number of piperazine rings is 1. The van der Waals surface area contributed by atoms with Crippen LogP contribution in [0.4, 0.5) is 0 Å². The van der Waals surface area contributed by atoms with Gasteiger partial charge in [0.1, 0.15) is 0 Å².